The van der Waals surface area contributed by atoms with Crippen molar-refractivity contribution in [3.8, 4) is 11.5 Å². The second kappa shape index (κ2) is 8.01. The van der Waals surface area contributed by atoms with Crippen LogP contribution < -0.4 is 0 Å². The van der Waals surface area contributed by atoms with Gasteiger partial charge in [-0.3, -0.25) is 0 Å². The lowest BCUT2D eigenvalue weighted by Gasteiger charge is -2.30. The molecule has 0 aliphatic rings. The average molecular weight is 213 g/mol. The Balaban J connectivity index is 4.42. The largest absolute Gasteiger partial charge is 0.327 e. The molecule has 0 N–H and O–H groups in total. The molecule has 0 aromatic heterocycles. The van der Waals surface area contributed by atoms with Gasteiger partial charge in [-0.05, 0) is 20.8 Å². The highest BCUT2D eigenvalue weighted by molar-refractivity contribution is 6.22. The van der Waals surface area contributed by atoms with Crippen molar-refractivity contribution in [1.82, 2.24) is 0 Å². The zero-order valence-corrected chi connectivity index (χ0v) is 10.1. The van der Waals surface area contributed by atoms with Gasteiger partial charge in [-0.2, -0.15) is 0 Å². The molecule has 0 unspecified atom stereocenters. The summed E-state index contributed by atoms with van der Waals surface area (Å²) in [7, 11) is 3.07. The summed E-state index contributed by atoms with van der Waals surface area (Å²) in [6, 6.07) is 0. The minimum atomic E-state index is -1.00. The average Bonchev–Trinajstić information content (AvgIpc) is 2.16. The third kappa shape index (κ3) is 4.77. The SMILES string of the molecule is CCOC(CC#C[Si])(OCC)OCC. The Bertz CT molecular complexity index is 178. The minimum Gasteiger partial charge on any atom is -0.327 e. The van der Waals surface area contributed by atoms with Gasteiger partial charge in [-0.1, -0.05) is 0 Å². The number of hydrogen-bond donors (Lipinski definition) is 0. The Morgan fingerprint density at radius 3 is 1.71 bits per heavy atom. The van der Waals surface area contributed by atoms with Crippen LogP contribution in [-0.4, -0.2) is 36.0 Å². The maximum Gasteiger partial charge on any atom is 0.294 e. The summed E-state index contributed by atoms with van der Waals surface area (Å²) in [5.41, 5.74) is 2.61. The molecule has 3 nitrogen and oxygen atoms in total. The first-order valence-electron chi connectivity index (χ1n) is 4.81. The molecule has 0 fully saturated rings. The van der Waals surface area contributed by atoms with Gasteiger partial charge in [0.05, 0.1) is 6.42 Å². The van der Waals surface area contributed by atoms with E-state index in [0.717, 1.165) is 0 Å². The van der Waals surface area contributed by atoms with Crippen LogP contribution in [0.2, 0.25) is 0 Å². The lowest BCUT2D eigenvalue weighted by Crippen LogP contribution is -2.39. The molecule has 0 aromatic carbocycles. The Hall–Kier alpha value is -0.343. The maximum absolute atomic E-state index is 5.44. The van der Waals surface area contributed by atoms with Crippen molar-refractivity contribution in [3.63, 3.8) is 0 Å². The molecule has 79 valence electrons. The van der Waals surface area contributed by atoms with E-state index in [4.69, 9.17) is 14.2 Å². The fraction of sp³-hybridized carbons (Fsp3) is 0.800. The first kappa shape index (κ1) is 13.7. The second-order valence-corrected chi connectivity index (χ2v) is 2.71. The van der Waals surface area contributed by atoms with E-state index in [1.54, 1.807) is 0 Å². The molecular formula is C10H17O3Si. The van der Waals surface area contributed by atoms with Gasteiger partial charge < -0.3 is 14.2 Å². The fourth-order valence-corrected chi connectivity index (χ4v) is 1.18. The van der Waals surface area contributed by atoms with Gasteiger partial charge in [0, 0.05) is 19.8 Å². The maximum atomic E-state index is 5.44. The predicted molar refractivity (Wildman–Crippen MR) is 55.8 cm³/mol. The molecule has 14 heavy (non-hydrogen) atoms. The Morgan fingerprint density at radius 1 is 1.00 bits per heavy atom. The Morgan fingerprint density at radius 2 is 1.43 bits per heavy atom. The molecule has 0 spiro atoms. The highest BCUT2D eigenvalue weighted by atomic mass is 28.1. The molecule has 4 heteroatoms. The summed E-state index contributed by atoms with van der Waals surface area (Å²) < 4.78 is 16.3. The summed E-state index contributed by atoms with van der Waals surface area (Å²) in [5, 5.41) is 0. The van der Waals surface area contributed by atoms with Crippen LogP contribution in [0.5, 0.6) is 0 Å². The Kier molecular flexibility index (Phi) is 7.81. The summed E-state index contributed by atoms with van der Waals surface area (Å²) in [5.74, 6) is 1.83. The molecule has 0 heterocycles. The van der Waals surface area contributed by atoms with E-state index >= 15 is 0 Å². The van der Waals surface area contributed by atoms with E-state index < -0.39 is 5.97 Å². The van der Waals surface area contributed by atoms with E-state index in [1.807, 2.05) is 20.8 Å². The van der Waals surface area contributed by atoms with Crippen LogP contribution in [0.15, 0.2) is 0 Å². The van der Waals surface area contributed by atoms with Crippen molar-refractivity contribution >= 4 is 10.2 Å². The molecule has 0 rings (SSSR count). The van der Waals surface area contributed by atoms with Crippen LogP contribution in [0.3, 0.4) is 0 Å². The van der Waals surface area contributed by atoms with Crippen LogP contribution in [0, 0.1) is 11.5 Å². The smallest absolute Gasteiger partial charge is 0.294 e. The van der Waals surface area contributed by atoms with E-state index in [0.29, 0.717) is 26.2 Å². The lowest BCUT2D eigenvalue weighted by atomic mass is 10.3. The third-order valence-corrected chi connectivity index (χ3v) is 1.66. The summed E-state index contributed by atoms with van der Waals surface area (Å²) in [4.78, 5) is 0. The van der Waals surface area contributed by atoms with Crippen LogP contribution in [0.25, 0.3) is 0 Å². The summed E-state index contributed by atoms with van der Waals surface area (Å²) in [6.07, 6.45) is 0.395. The fourth-order valence-electron chi connectivity index (χ4n) is 1.09. The summed E-state index contributed by atoms with van der Waals surface area (Å²) in [6.45, 7) is 7.28. The van der Waals surface area contributed by atoms with Crippen LogP contribution in [0.4, 0.5) is 0 Å². The normalized spacial score (nSPS) is 10.9. The van der Waals surface area contributed by atoms with Crippen LogP contribution in [-0.2, 0) is 14.2 Å². The predicted octanol–water partition coefficient (Wildman–Crippen LogP) is 1.27. The molecule has 0 saturated carbocycles. The molecule has 0 bridgehead atoms. The van der Waals surface area contributed by atoms with Crippen molar-refractivity contribution in [3.05, 3.63) is 0 Å². The van der Waals surface area contributed by atoms with E-state index in [9.17, 15) is 0 Å². The van der Waals surface area contributed by atoms with E-state index in [-0.39, 0.29) is 0 Å². The quantitative estimate of drug-likeness (QED) is 0.362. The third-order valence-electron chi connectivity index (χ3n) is 1.49. The minimum absolute atomic E-state index is 0.395. The Labute approximate surface area is 89.5 Å². The highest BCUT2D eigenvalue weighted by Crippen LogP contribution is 2.19. The molecule has 0 aliphatic heterocycles. The van der Waals surface area contributed by atoms with Crippen molar-refractivity contribution in [2.45, 2.75) is 33.2 Å². The first-order valence-corrected chi connectivity index (χ1v) is 5.31. The van der Waals surface area contributed by atoms with Gasteiger partial charge in [-0.25, -0.2) is 0 Å². The first-order chi connectivity index (χ1) is 6.74. The highest BCUT2D eigenvalue weighted by Gasteiger charge is 2.31. The number of hydrogen-bond acceptors (Lipinski definition) is 3. The molecule has 0 aromatic rings. The van der Waals surface area contributed by atoms with Crippen molar-refractivity contribution in [2.24, 2.45) is 0 Å². The topological polar surface area (TPSA) is 27.7 Å². The lowest BCUT2D eigenvalue weighted by molar-refractivity contribution is -0.373. The van der Waals surface area contributed by atoms with Crippen molar-refractivity contribution < 1.29 is 14.2 Å². The monoisotopic (exact) mass is 213 g/mol. The van der Waals surface area contributed by atoms with Gasteiger partial charge in [0.1, 0.15) is 10.2 Å². The van der Waals surface area contributed by atoms with Gasteiger partial charge in [0.2, 0.25) is 0 Å². The van der Waals surface area contributed by atoms with Gasteiger partial charge in [0.25, 0.3) is 5.97 Å². The molecule has 3 radical (unpaired) electrons. The molecule has 0 amide bonds. The van der Waals surface area contributed by atoms with E-state index in [2.05, 4.69) is 21.7 Å². The van der Waals surface area contributed by atoms with E-state index in [1.165, 1.54) is 0 Å². The van der Waals surface area contributed by atoms with Crippen molar-refractivity contribution in [1.29, 1.82) is 0 Å². The van der Waals surface area contributed by atoms with Crippen LogP contribution in [0.1, 0.15) is 27.2 Å². The van der Waals surface area contributed by atoms with Gasteiger partial charge in [0.15, 0.2) is 0 Å². The van der Waals surface area contributed by atoms with Crippen molar-refractivity contribution in [2.75, 3.05) is 19.8 Å². The second-order valence-electron chi connectivity index (χ2n) is 2.46. The van der Waals surface area contributed by atoms with Gasteiger partial charge in [-0.15, -0.1) is 11.5 Å². The van der Waals surface area contributed by atoms with Gasteiger partial charge >= 0.3 is 0 Å². The molecule has 0 aliphatic carbocycles. The zero-order valence-electron chi connectivity index (χ0n) is 9.05. The molecular weight excluding hydrogens is 196 g/mol. The number of ether oxygens (including phenoxy) is 3. The molecule has 0 saturated heterocycles. The molecule has 0 atom stereocenters. The van der Waals surface area contributed by atoms with Crippen LogP contribution >= 0.6 is 0 Å². The zero-order chi connectivity index (χ0) is 10.9. The number of rotatable bonds is 7. The summed E-state index contributed by atoms with van der Waals surface area (Å²) >= 11 is 0. The standard InChI is InChI=1S/C10H17O3Si/c1-4-11-10(12-5-2,13-6-3)8-7-9-14/h4-6,8H2,1-3H3.